The Labute approximate surface area is 114 Å². The molecule has 0 saturated heterocycles. The molecule has 2 rings (SSSR count). The van der Waals surface area contributed by atoms with Crippen LogP contribution in [-0.4, -0.2) is 18.2 Å². The van der Waals surface area contributed by atoms with Crippen molar-refractivity contribution < 1.29 is 14.6 Å². The van der Waals surface area contributed by atoms with Crippen LogP contribution in [0, 0.1) is 5.92 Å². The molecule has 0 aromatic heterocycles. The van der Waals surface area contributed by atoms with Crippen LogP contribution in [0.15, 0.2) is 18.2 Å². The molecule has 1 aliphatic carbocycles. The SMILES string of the molecule is CC1CCC(c2ccc(CCO)cc2OC=O)CC1. The number of aliphatic hydroxyl groups excluding tert-OH is 1. The van der Waals surface area contributed by atoms with Crippen molar-refractivity contribution in [2.45, 2.75) is 44.9 Å². The van der Waals surface area contributed by atoms with E-state index in [-0.39, 0.29) is 6.61 Å². The van der Waals surface area contributed by atoms with Crippen LogP contribution in [-0.2, 0) is 11.2 Å². The van der Waals surface area contributed by atoms with Crippen molar-refractivity contribution in [2.75, 3.05) is 6.61 Å². The molecule has 0 atom stereocenters. The molecule has 0 bridgehead atoms. The fourth-order valence-electron chi connectivity index (χ4n) is 2.93. The number of rotatable bonds is 5. The van der Waals surface area contributed by atoms with E-state index in [4.69, 9.17) is 9.84 Å². The zero-order valence-electron chi connectivity index (χ0n) is 11.5. The van der Waals surface area contributed by atoms with Gasteiger partial charge in [0, 0.05) is 6.61 Å². The molecule has 1 N–H and O–H groups in total. The van der Waals surface area contributed by atoms with Gasteiger partial charge in [-0.05, 0) is 48.3 Å². The van der Waals surface area contributed by atoms with Crippen molar-refractivity contribution >= 4 is 6.47 Å². The Morgan fingerprint density at radius 1 is 1.32 bits per heavy atom. The molecule has 0 aliphatic heterocycles. The van der Waals surface area contributed by atoms with Crippen molar-refractivity contribution in [3.05, 3.63) is 29.3 Å². The van der Waals surface area contributed by atoms with Crippen molar-refractivity contribution in [3.63, 3.8) is 0 Å². The summed E-state index contributed by atoms with van der Waals surface area (Å²) < 4.78 is 5.14. The molecule has 0 unspecified atom stereocenters. The van der Waals surface area contributed by atoms with E-state index in [0.29, 0.717) is 24.6 Å². The molecule has 1 aliphatic rings. The smallest absolute Gasteiger partial charge is 0.298 e. The molecule has 0 radical (unpaired) electrons. The summed E-state index contributed by atoms with van der Waals surface area (Å²) >= 11 is 0. The molecule has 0 amide bonds. The average molecular weight is 262 g/mol. The second-order valence-corrected chi connectivity index (χ2v) is 5.52. The van der Waals surface area contributed by atoms with Crippen LogP contribution >= 0.6 is 0 Å². The highest BCUT2D eigenvalue weighted by Crippen LogP contribution is 2.39. The summed E-state index contributed by atoms with van der Waals surface area (Å²) in [6.07, 6.45) is 5.40. The first kappa shape index (κ1) is 14.1. The van der Waals surface area contributed by atoms with Gasteiger partial charge in [-0.2, -0.15) is 0 Å². The van der Waals surface area contributed by atoms with Crippen molar-refractivity contribution in [3.8, 4) is 5.75 Å². The lowest BCUT2D eigenvalue weighted by Gasteiger charge is -2.27. The molecule has 1 aromatic carbocycles. The predicted octanol–water partition coefficient (Wildman–Crippen LogP) is 3.05. The molecule has 3 heteroatoms. The van der Waals surface area contributed by atoms with Crippen LogP contribution in [0.3, 0.4) is 0 Å². The highest BCUT2D eigenvalue weighted by atomic mass is 16.5. The van der Waals surface area contributed by atoms with Gasteiger partial charge in [-0.3, -0.25) is 4.79 Å². The Hall–Kier alpha value is -1.35. The van der Waals surface area contributed by atoms with E-state index in [1.54, 1.807) is 0 Å². The lowest BCUT2D eigenvalue weighted by Crippen LogP contribution is -2.12. The van der Waals surface area contributed by atoms with E-state index in [1.165, 1.54) is 12.8 Å². The largest absolute Gasteiger partial charge is 0.428 e. The van der Waals surface area contributed by atoms with Gasteiger partial charge in [0.1, 0.15) is 5.75 Å². The molecule has 1 aromatic rings. The number of carbonyl (C=O) groups is 1. The molecule has 104 valence electrons. The topological polar surface area (TPSA) is 46.5 Å². The maximum absolute atomic E-state index is 10.7. The summed E-state index contributed by atoms with van der Waals surface area (Å²) in [5, 5.41) is 8.98. The monoisotopic (exact) mass is 262 g/mol. The Balaban J connectivity index is 2.20. The number of hydrogen-bond donors (Lipinski definition) is 1. The molecule has 0 spiro atoms. The fraction of sp³-hybridized carbons (Fsp3) is 0.562. The molecule has 0 heterocycles. The van der Waals surface area contributed by atoms with E-state index < -0.39 is 0 Å². The van der Waals surface area contributed by atoms with Gasteiger partial charge in [-0.15, -0.1) is 0 Å². The average Bonchev–Trinajstić information content (AvgIpc) is 2.41. The number of carbonyl (C=O) groups excluding carboxylic acids is 1. The molecular weight excluding hydrogens is 240 g/mol. The maximum Gasteiger partial charge on any atom is 0.298 e. The van der Waals surface area contributed by atoms with Gasteiger partial charge in [-0.1, -0.05) is 31.9 Å². The van der Waals surface area contributed by atoms with Crippen LogP contribution in [0.1, 0.15) is 49.7 Å². The second-order valence-electron chi connectivity index (χ2n) is 5.52. The summed E-state index contributed by atoms with van der Waals surface area (Å²) in [7, 11) is 0. The minimum absolute atomic E-state index is 0.112. The Kier molecular flexibility index (Phi) is 4.97. The number of ether oxygens (including phenoxy) is 1. The van der Waals surface area contributed by atoms with Gasteiger partial charge in [0.05, 0.1) is 0 Å². The minimum atomic E-state index is 0.112. The van der Waals surface area contributed by atoms with E-state index in [0.717, 1.165) is 29.9 Å². The quantitative estimate of drug-likeness (QED) is 0.830. The molecule has 1 fully saturated rings. The van der Waals surface area contributed by atoms with Crippen molar-refractivity contribution in [1.29, 1.82) is 0 Å². The molecular formula is C16H22O3. The Bertz CT molecular complexity index is 420. The normalized spacial score (nSPS) is 23.1. The Morgan fingerprint density at radius 2 is 2.05 bits per heavy atom. The summed E-state index contributed by atoms with van der Waals surface area (Å²) in [5.41, 5.74) is 2.15. The molecule has 19 heavy (non-hydrogen) atoms. The predicted molar refractivity (Wildman–Crippen MR) is 74.3 cm³/mol. The van der Waals surface area contributed by atoms with Gasteiger partial charge < -0.3 is 9.84 Å². The van der Waals surface area contributed by atoms with Crippen LogP contribution in [0.25, 0.3) is 0 Å². The number of benzene rings is 1. The first-order valence-electron chi connectivity index (χ1n) is 7.08. The Morgan fingerprint density at radius 3 is 2.68 bits per heavy atom. The van der Waals surface area contributed by atoms with E-state index in [2.05, 4.69) is 13.0 Å². The fourth-order valence-corrected chi connectivity index (χ4v) is 2.93. The molecule has 1 saturated carbocycles. The van der Waals surface area contributed by atoms with Gasteiger partial charge in [0.2, 0.25) is 0 Å². The lowest BCUT2D eigenvalue weighted by atomic mass is 9.79. The third kappa shape index (κ3) is 3.57. The third-order valence-electron chi connectivity index (χ3n) is 4.11. The van der Waals surface area contributed by atoms with Crippen LogP contribution in [0.4, 0.5) is 0 Å². The number of aliphatic hydroxyl groups is 1. The lowest BCUT2D eigenvalue weighted by molar-refractivity contribution is -0.120. The highest BCUT2D eigenvalue weighted by Gasteiger charge is 2.22. The first-order chi connectivity index (χ1) is 9.24. The summed E-state index contributed by atoms with van der Waals surface area (Å²) in [5.74, 6) is 1.97. The van der Waals surface area contributed by atoms with Crippen molar-refractivity contribution in [1.82, 2.24) is 0 Å². The van der Waals surface area contributed by atoms with Gasteiger partial charge >= 0.3 is 0 Å². The summed E-state index contributed by atoms with van der Waals surface area (Å²) in [4.78, 5) is 10.7. The maximum atomic E-state index is 10.7. The zero-order valence-corrected chi connectivity index (χ0v) is 11.5. The first-order valence-corrected chi connectivity index (χ1v) is 7.08. The standard InChI is InChI=1S/C16H22O3/c1-12-2-5-14(6-3-12)15-7-4-13(8-9-17)10-16(15)19-11-18/h4,7,10-12,14,17H,2-3,5-6,8-9H2,1H3. The summed E-state index contributed by atoms with van der Waals surface area (Å²) in [6, 6.07) is 5.98. The van der Waals surface area contributed by atoms with Gasteiger partial charge in [-0.25, -0.2) is 0 Å². The highest BCUT2D eigenvalue weighted by molar-refractivity contribution is 5.50. The number of hydrogen-bond acceptors (Lipinski definition) is 3. The molecule has 3 nitrogen and oxygen atoms in total. The zero-order chi connectivity index (χ0) is 13.7. The van der Waals surface area contributed by atoms with Gasteiger partial charge in [0.25, 0.3) is 6.47 Å². The second kappa shape index (κ2) is 6.71. The minimum Gasteiger partial charge on any atom is -0.428 e. The van der Waals surface area contributed by atoms with Crippen LogP contribution in [0.2, 0.25) is 0 Å². The van der Waals surface area contributed by atoms with E-state index in [9.17, 15) is 4.79 Å². The third-order valence-corrected chi connectivity index (χ3v) is 4.11. The van der Waals surface area contributed by atoms with E-state index >= 15 is 0 Å². The van der Waals surface area contributed by atoms with E-state index in [1.807, 2.05) is 12.1 Å². The summed E-state index contributed by atoms with van der Waals surface area (Å²) in [6.45, 7) is 2.90. The van der Waals surface area contributed by atoms with Gasteiger partial charge in [0.15, 0.2) is 0 Å². The van der Waals surface area contributed by atoms with Crippen LogP contribution in [0.5, 0.6) is 5.75 Å². The van der Waals surface area contributed by atoms with Crippen molar-refractivity contribution in [2.24, 2.45) is 5.92 Å². The van der Waals surface area contributed by atoms with Crippen LogP contribution < -0.4 is 4.74 Å².